The third kappa shape index (κ3) is 4.33. The Morgan fingerprint density at radius 1 is 1.13 bits per heavy atom. The van der Waals surface area contributed by atoms with E-state index in [0.29, 0.717) is 17.9 Å². The van der Waals surface area contributed by atoms with E-state index in [0.717, 1.165) is 16.8 Å². The molecule has 0 unspecified atom stereocenters. The molecular weight excluding hydrogens is 314 g/mol. The molecule has 0 bridgehead atoms. The highest BCUT2D eigenvalue weighted by molar-refractivity contribution is 6.31. The minimum atomic E-state index is -0.955. The highest BCUT2D eigenvalue weighted by Crippen LogP contribution is 2.23. The fraction of sp³-hybridized carbons (Fsp3) is 0.222. The van der Waals surface area contributed by atoms with E-state index in [-0.39, 0.29) is 11.5 Å². The lowest BCUT2D eigenvalue weighted by molar-refractivity contribution is -0.118. The van der Waals surface area contributed by atoms with Crippen molar-refractivity contribution >= 4 is 29.2 Å². The number of anilines is 1. The largest absolute Gasteiger partial charge is 0.478 e. The molecule has 0 aliphatic carbocycles. The second-order valence-corrected chi connectivity index (χ2v) is 5.80. The predicted molar refractivity (Wildman–Crippen MR) is 91.3 cm³/mol. The van der Waals surface area contributed by atoms with Gasteiger partial charge in [0.1, 0.15) is 0 Å². The number of nitrogens with zero attached hydrogens (tertiary/aromatic N) is 1. The van der Waals surface area contributed by atoms with Crippen molar-refractivity contribution in [3.63, 3.8) is 0 Å². The minimum absolute atomic E-state index is 0.0211. The van der Waals surface area contributed by atoms with Crippen LogP contribution in [-0.2, 0) is 11.2 Å². The van der Waals surface area contributed by atoms with Crippen LogP contribution in [0.1, 0.15) is 27.9 Å². The van der Waals surface area contributed by atoms with Gasteiger partial charge in [-0.3, -0.25) is 4.79 Å². The number of amides is 1. The van der Waals surface area contributed by atoms with Gasteiger partial charge in [0, 0.05) is 24.2 Å². The van der Waals surface area contributed by atoms with Crippen molar-refractivity contribution in [2.75, 3.05) is 11.9 Å². The fourth-order valence-electron chi connectivity index (χ4n) is 2.17. The lowest BCUT2D eigenvalue weighted by Gasteiger charge is -2.18. The van der Waals surface area contributed by atoms with Crippen LogP contribution in [0.5, 0.6) is 0 Å². The molecular formula is C18H18ClNO3. The molecule has 120 valence electrons. The van der Waals surface area contributed by atoms with Gasteiger partial charge in [-0.25, -0.2) is 4.79 Å². The first-order valence-corrected chi connectivity index (χ1v) is 7.61. The van der Waals surface area contributed by atoms with E-state index in [1.807, 2.05) is 19.1 Å². The second-order valence-electron chi connectivity index (χ2n) is 5.39. The van der Waals surface area contributed by atoms with Gasteiger partial charge in [0.05, 0.1) is 5.56 Å². The van der Waals surface area contributed by atoms with Gasteiger partial charge in [-0.2, -0.15) is 0 Å². The van der Waals surface area contributed by atoms with Gasteiger partial charge in [0.25, 0.3) is 0 Å². The molecule has 1 amide bonds. The molecule has 0 aliphatic rings. The summed E-state index contributed by atoms with van der Waals surface area (Å²) >= 11 is 6.09. The summed E-state index contributed by atoms with van der Waals surface area (Å²) in [5, 5.41) is 9.49. The average molecular weight is 332 g/mol. The monoisotopic (exact) mass is 331 g/mol. The summed E-state index contributed by atoms with van der Waals surface area (Å²) < 4.78 is 0. The number of hydrogen-bond acceptors (Lipinski definition) is 2. The van der Waals surface area contributed by atoms with Crippen molar-refractivity contribution in [3.8, 4) is 0 Å². The first-order chi connectivity index (χ1) is 10.9. The number of halogens is 1. The number of aryl methyl sites for hydroxylation is 2. The summed E-state index contributed by atoms with van der Waals surface area (Å²) in [6.07, 6.45) is 0.900. The number of hydrogen-bond donors (Lipinski definition) is 1. The van der Waals surface area contributed by atoms with Crippen molar-refractivity contribution in [1.82, 2.24) is 0 Å². The van der Waals surface area contributed by atoms with Crippen LogP contribution in [0, 0.1) is 6.92 Å². The zero-order chi connectivity index (χ0) is 17.0. The standard InChI is InChI=1S/C18H18ClNO3/c1-12-3-9-15(11-16(12)19)20(2)17(21)10-6-13-4-7-14(8-5-13)18(22)23/h3-5,7-9,11H,6,10H2,1-2H3,(H,22,23). The molecule has 2 aromatic rings. The molecule has 0 heterocycles. The van der Waals surface area contributed by atoms with Crippen molar-refractivity contribution in [2.45, 2.75) is 19.8 Å². The number of carboxylic acids is 1. The summed E-state index contributed by atoms with van der Waals surface area (Å²) in [5.74, 6) is -0.976. The molecule has 0 aromatic heterocycles. The van der Waals surface area contributed by atoms with Gasteiger partial charge < -0.3 is 10.0 Å². The number of benzene rings is 2. The van der Waals surface area contributed by atoms with E-state index < -0.39 is 5.97 Å². The van der Waals surface area contributed by atoms with Crippen LogP contribution in [0.3, 0.4) is 0 Å². The fourth-order valence-corrected chi connectivity index (χ4v) is 2.34. The van der Waals surface area contributed by atoms with E-state index in [9.17, 15) is 9.59 Å². The highest BCUT2D eigenvalue weighted by Gasteiger charge is 2.12. The molecule has 2 rings (SSSR count). The van der Waals surface area contributed by atoms with Crippen molar-refractivity contribution in [1.29, 1.82) is 0 Å². The number of carbonyl (C=O) groups is 2. The molecule has 0 saturated heterocycles. The molecule has 0 spiro atoms. The Hall–Kier alpha value is -2.33. The van der Waals surface area contributed by atoms with Gasteiger partial charge in [0.15, 0.2) is 0 Å². The van der Waals surface area contributed by atoms with Crippen LogP contribution < -0.4 is 4.90 Å². The lowest BCUT2D eigenvalue weighted by atomic mass is 10.1. The Kier molecular flexibility index (Phi) is 5.40. The zero-order valence-corrected chi connectivity index (χ0v) is 13.8. The number of aromatic carboxylic acids is 1. The summed E-state index contributed by atoms with van der Waals surface area (Å²) in [6, 6.07) is 12.1. The zero-order valence-electron chi connectivity index (χ0n) is 13.0. The summed E-state index contributed by atoms with van der Waals surface area (Å²) in [5.41, 5.74) is 2.90. The maximum atomic E-state index is 12.3. The summed E-state index contributed by atoms with van der Waals surface area (Å²) in [6.45, 7) is 1.91. The number of rotatable bonds is 5. The van der Waals surface area contributed by atoms with Crippen LogP contribution in [-0.4, -0.2) is 24.0 Å². The molecule has 1 N–H and O–H groups in total. The summed E-state index contributed by atoms with van der Waals surface area (Å²) in [7, 11) is 1.72. The van der Waals surface area contributed by atoms with Crippen LogP contribution >= 0.6 is 11.6 Å². The Labute approximate surface area is 140 Å². The quantitative estimate of drug-likeness (QED) is 0.902. The van der Waals surface area contributed by atoms with E-state index >= 15 is 0 Å². The van der Waals surface area contributed by atoms with Crippen LogP contribution in [0.2, 0.25) is 5.02 Å². The number of carbonyl (C=O) groups excluding carboxylic acids is 1. The maximum absolute atomic E-state index is 12.3. The minimum Gasteiger partial charge on any atom is -0.478 e. The SMILES string of the molecule is Cc1ccc(N(C)C(=O)CCc2ccc(C(=O)O)cc2)cc1Cl. The Morgan fingerprint density at radius 3 is 2.35 bits per heavy atom. The second kappa shape index (κ2) is 7.29. The Balaban J connectivity index is 1.98. The number of carboxylic acid groups (broad SMARTS) is 1. The van der Waals surface area contributed by atoms with Crippen LogP contribution in [0.15, 0.2) is 42.5 Å². The maximum Gasteiger partial charge on any atom is 0.335 e. The van der Waals surface area contributed by atoms with E-state index in [1.165, 1.54) is 0 Å². The van der Waals surface area contributed by atoms with Crippen LogP contribution in [0.25, 0.3) is 0 Å². The van der Waals surface area contributed by atoms with Gasteiger partial charge in [-0.15, -0.1) is 0 Å². The normalized spacial score (nSPS) is 10.4. The molecule has 0 radical (unpaired) electrons. The van der Waals surface area contributed by atoms with Gasteiger partial charge in [0.2, 0.25) is 5.91 Å². The highest BCUT2D eigenvalue weighted by atomic mass is 35.5. The molecule has 0 saturated carbocycles. The molecule has 4 nitrogen and oxygen atoms in total. The van der Waals surface area contributed by atoms with Gasteiger partial charge >= 0.3 is 5.97 Å². The first kappa shape index (κ1) is 17.0. The van der Waals surface area contributed by atoms with E-state index in [4.69, 9.17) is 16.7 Å². The van der Waals surface area contributed by atoms with Crippen molar-refractivity contribution < 1.29 is 14.7 Å². The Morgan fingerprint density at radius 2 is 1.78 bits per heavy atom. The lowest BCUT2D eigenvalue weighted by Crippen LogP contribution is -2.26. The molecule has 0 fully saturated rings. The predicted octanol–water partition coefficient (Wildman–Crippen LogP) is 3.94. The molecule has 0 atom stereocenters. The van der Waals surface area contributed by atoms with Gasteiger partial charge in [-0.05, 0) is 48.7 Å². The van der Waals surface area contributed by atoms with Crippen molar-refractivity contribution in [3.05, 3.63) is 64.2 Å². The molecule has 0 aliphatic heterocycles. The summed E-state index contributed by atoms with van der Waals surface area (Å²) in [4.78, 5) is 24.7. The first-order valence-electron chi connectivity index (χ1n) is 7.23. The third-order valence-electron chi connectivity index (χ3n) is 3.75. The smallest absolute Gasteiger partial charge is 0.335 e. The van der Waals surface area contributed by atoms with Gasteiger partial charge in [-0.1, -0.05) is 29.8 Å². The van der Waals surface area contributed by atoms with Crippen molar-refractivity contribution in [2.24, 2.45) is 0 Å². The Bertz CT molecular complexity index is 726. The molecule has 23 heavy (non-hydrogen) atoms. The molecule has 5 heteroatoms. The molecule has 2 aromatic carbocycles. The topological polar surface area (TPSA) is 57.6 Å². The average Bonchev–Trinajstić information content (AvgIpc) is 2.54. The van der Waals surface area contributed by atoms with Crippen LogP contribution in [0.4, 0.5) is 5.69 Å². The van der Waals surface area contributed by atoms with E-state index in [2.05, 4.69) is 0 Å². The van der Waals surface area contributed by atoms with E-state index in [1.54, 1.807) is 42.3 Å². The third-order valence-corrected chi connectivity index (χ3v) is 4.15.